The Hall–Kier alpha value is -2.07. The van der Waals surface area contributed by atoms with Crippen molar-refractivity contribution in [3.8, 4) is 5.75 Å². The number of hydrogen-bond acceptors (Lipinski definition) is 3. The maximum Gasteiger partial charge on any atom is 0.276 e. The van der Waals surface area contributed by atoms with Crippen molar-refractivity contribution in [2.24, 2.45) is 0 Å². The van der Waals surface area contributed by atoms with E-state index in [2.05, 4.69) is 4.98 Å². The van der Waals surface area contributed by atoms with Gasteiger partial charge in [0.15, 0.2) is 5.69 Å². The number of amides is 1. The highest BCUT2D eigenvalue weighted by atomic mass is 35.5. The smallest absolute Gasteiger partial charge is 0.276 e. The van der Waals surface area contributed by atoms with Crippen LogP contribution in [0.25, 0.3) is 0 Å². The van der Waals surface area contributed by atoms with E-state index in [0.29, 0.717) is 11.6 Å². The molecule has 0 aliphatic carbocycles. The lowest BCUT2D eigenvalue weighted by molar-refractivity contribution is 0.0776. The molecule has 2 rings (SSSR count). The van der Waals surface area contributed by atoms with Crippen molar-refractivity contribution in [1.82, 2.24) is 9.88 Å². The normalized spacial score (nSPS) is 10.2. The van der Waals surface area contributed by atoms with Crippen LogP contribution in [-0.4, -0.2) is 27.9 Å². The number of nitrogens with zero attached hydrogens (tertiary/aromatic N) is 2. The fourth-order valence-corrected chi connectivity index (χ4v) is 1.80. The summed E-state index contributed by atoms with van der Waals surface area (Å²) in [4.78, 5) is 17.5. The van der Waals surface area contributed by atoms with E-state index in [1.807, 2.05) is 12.1 Å². The second-order valence-electron chi connectivity index (χ2n) is 4.16. The van der Waals surface area contributed by atoms with Crippen LogP contribution in [0.1, 0.15) is 16.1 Å². The summed E-state index contributed by atoms with van der Waals surface area (Å²) in [5.41, 5.74) is 1.01. The minimum absolute atomic E-state index is 0.0546. The third-order valence-electron chi connectivity index (χ3n) is 2.67. The molecule has 0 unspecified atom stereocenters. The average Bonchev–Trinajstić information content (AvgIpc) is 2.41. The van der Waals surface area contributed by atoms with Gasteiger partial charge in [-0.3, -0.25) is 4.79 Å². The van der Waals surface area contributed by atoms with Gasteiger partial charge in [0.25, 0.3) is 5.91 Å². The quantitative estimate of drug-likeness (QED) is 0.938. The standard InChI is InChI=1S/C14H13ClN2O2/c1-17(9-10-4-6-11(15)7-5-10)14(19)13-12(18)3-2-8-16-13/h2-8,18H,9H2,1H3. The molecule has 1 heterocycles. The van der Waals surface area contributed by atoms with Crippen LogP contribution in [0.15, 0.2) is 42.6 Å². The van der Waals surface area contributed by atoms with Crippen molar-refractivity contribution >= 4 is 17.5 Å². The van der Waals surface area contributed by atoms with Gasteiger partial charge in [0.2, 0.25) is 0 Å². The largest absolute Gasteiger partial charge is 0.505 e. The molecule has 0 atom stereocenters. The number of aromatic hydroxyl groups is 1. The van der Waals surface area contributed by atoms with Gasteiger partial charge in [-0.05, 0) is 29.8 Å². The van der Waals surface area contributed by atoms with Gasteiger partial charge >= 0.3 is 0 Å². The molecular formula is C14H13ClN2O2. The first kappa shape index (κ1) is 13.4. The summed E-state index contributed by atoms with van der Waals surface area (Å²) >= 11 is 5.80. The van der Waals surface area contributed by atoms with Gasteiger partial charge in [-0.1, -0.05) is 23.7 Å². The molecular weight excluding hydrogens is 264 g/mol. The van der Waals surface area contributed by atoms with Crippen LogP contribution in [0.2, 0.25) is 5.02 Å². The molecule has 0 saturated carbocycles. The highest BCUT2D eigenvalue weighted by Gasteiger charge is 2.16. The van der Waals surface area contributed by atoms with Gasteiger partial charge in [0.05, 0.1) is 0 Å². The first-order chi connectivity index (χ1) is 9.08. The molecule has 0 aliphatic rings. The van der Waals surface area contributed by atoms with Gasteiger partial charge in [-0.25, -0.2) is 4.98 Å². The molecule has 19 heavy (non-hydrogen) atoms. The predicted octanol–water partition coefficient (Wildman–Crippen LogP) is 2.71. The van der Waals surface area contributed by atoms with E-state index < -0.39 is 0 Å². The lowest BCUT2D eigenvalue weighted by Crippen LogP contribution is -2.27. The van der Waals surface area contributed by atoms with E-state index >= 15 is 0 Å². The van der Waals surface area contributed by atoms with Crippen molar-refractivity contribution in [1.29, 1.82) is 0 Å². The number of rotatable bonds is 3. The van der Waals surface area contributed by atoms with E-state index in [4.69, 9.17) is 11.6 Å². The molecule has 1 aromatic heterocycles. The van der Waals surface area contributed by atoms with Gasteiger partial charge in [-0.2, -0.15) is 0 Å². The number of benzene rings is 1. The van der Waals surface area contributed by atoms with Crippen LogP contribution in [0.3, 0.4) is 0 Å². The molecule has 1 N–H and O–H groups in total. The monoisotopic (exact) mass is 276 g/mol. The molecule has 0 radical (unpaired) electrons. The Morgan fingerprint density at radius 3 is 2.63 bits per heavy atom. The minimum Gasteiger partial charge on any atom is -0.505 e. The fraction of sp³-hybridized carbons (Fsp3) is 0.143. The summed E-state index contributed by atoms with van der Waals surface area (Å²) in [6.07, 6.45) is 1.48. The molecule has 1 amide bonds. The highest BCUT2D eigenvalue weighted by molar-refractivity contribution is 6.30. The van der Waals surface area contributed by atoms with Crippen LogP contribution in [0, 0.1) is 0 Å². The topological polar surface area (TPSA) is 53.4 Å². The van der Waals surface area contributed by atoms with Crippen molar-refractivity contribution < 1.29 is 9.90 Å². The molecule has 4 nitrogen and oxygen atoms in total. The lowest BCUT2D eigenvalue weighted by Gasteiger charge is -2.17. The molecule has 0 spiro atoms. The zero-order valence-corrected chi connectivity index (χ0v) is 11.1. The van der Waals surface area contributed by atoms with Crippen LogP contribution in [0.4, 0.5) is 0 Å². The lowest BCUT2D eigenvalue weighted by atomic mass is 10.2. The highest BCUT2D eigenvalue weighted by Crippen LogP contribution is 2.16. The van der Waals surface area contributed by atoms with Crippen LogP contribution < -0.4 is 0 Å². The van der Waals surface area contributed by atoms with Crippen molar-refractivity contribution in [2.45, 2.75) is 6.54 Å². The van der Waals surface area contributed by atoms with E-state index in [9.17, 15) is 9.90 Å². The second kappa shape index (κ2) is 5.71. The van der Waals surface area contributed by atoms with E-state index in [1.54, 1.807) is 25.2 Å². The summed E-state index contributed by atoms with van der Waals surface area (Å²) in [5.74, 6) is -0.441. The van der Waals surface area contributed by atoms with E-state index in [1.165, 1.54) is 17.2 Å². The Morgan fingerprint density at radius 2 is 2.00 bits per heavy atom. The van der Waals surface area contributed by atoms with Gasteiger partial charge in [0, 0.05) is 24.8 Å². The molecule has 2 aromatic rings. The summed E-state index contributed by atoms with van der Waals surface area (Å²) in [6.45, 7) is 0.423. The Morgan fingerprint density at radius 1 is 1.32 bits per heavy atom. The molecule has 0 bridgehead atoms. The van der Waals surface area contributed by atoms with Crippen molar-refractivity contribution in [3.05, 3.63) is 58.9 Å². The zero-order valence-electron chi connectivity index (χ0n) is 10.4. The number of hydrogen-bond donors (Lipinski definition) is 1. The molecule has 0 fully saturated rings. The van der Waals surface area contributed by atoms with Gasteiger partial charge in [-0.15, -0.1) is 0 Å². The Bertz CT molecular complexity index is 584. The number of pyridine rings is 1. The summed E-state index contributed by atoms with van der Waals surface area (Å²) in [5, 5.41) is 10.3. The Kier molecular flexibility index (Phi) is 4.02. The van der Waals surface area contributed by atoms with Gasteiger partial charge in [0.1, 0.15) is 5.75 Å². The summed E-state index contributed by atoms with van der Waals surface area (Å²) in [7, 11) is 1.66. The predicted molar refractivity (Wildman–Crippen MR) is 73.2 cm³/mol. The van der Waals surface area contributed by atoms with E-state index in [-0.39, 0.29) is 17.4 Å². The van der Waals surface area contributed by atoms with Crippen LogP contribution >= 0.6 is 11.6 Å². The minimum atomic E-state index is -0.326. The Balaban J connectivity index is 2.12. The van der Waals surface area contributed by atoms with Gasteiger partial charge < -0.3 is 10.0 Å². The number of aromatic nitrogens is 1. The SMILES string of the molecule is CN(Cc1ccc(Cl)cc1)C(=O)c1ncccc1O. The zero-order chi connectivity index (χ0) is 13.8. The van der Waals surface area contributed by atoms with E-state index in [0.717, 1.165) is 5.56 Å². The Labute approximate surface area is 116 Å². The number of carbonyl (C=O) groups is 1. The number of halogens is 1. The van der Waals surface area contributed by atoms with Crippen LogP contribution in [-0.2, 0) is 6.54 Å². The molecule has 98 valence electrons. The fourth-order valence-electron chi connectivity index (χ4n) is 1.68. The third-order valence-corrected chi connectivity index (χ3v) is 2.92. The van der Waals surface area contributed by atoms with Crippen molar-refractivity contribution in [3.63, 3.8) is 0 Å². The maximum atomic E-state index is 12.1. The van der Waals surface area contributed by atoms with Crippen molar-refractivity contribution in [2.75, 3.05) is 7.05 Å². The number of carbonyl (C=O) groups excluding carboxylic acids is 1. The molecule has 1 aromatic carbocycles. The second-order valence-corrected chi connectivity index (χ2v) is 4.60. The first-order valence-corrected chi connectivity index (χ1v) is 6.09. The molecule has 5 heteroatoms. The summed E-state index contributed by atoms with van der Waals surface area (Å²) in [6, 6.07) is 10.3. The van der Waals surface area contributed by atoms with Crippen LogP contribution in [0.5, 0.6) is 5.75 Å². The first-order valence-electron chi connectivity index (χ1n) is 5.72. The average molecular weight is 277 g/mol. The molecule has 0 saturated heterocycles. The third kappa shape index (κ3) is 3.23. The molecule has 0 aliphatic heterocycles. The maximum absolute atomic E-state index is 12.1. The summed E-state index contributed by atoms with van der Waals surface area (Å²) < 4.78 is 0.